The molecule has 0 aliphatic heterocycles. The second-order valence-electron chi connectivity index (χ2n) is 18.3. The van der Waals surface area contributed by atoms with Gasteiger partial charge in [0.2, 0.25) is 0 Å². The molecule has 0 radical (unpaired) electrons. The predicted molar refractivity (Wildman–Crippen MR) is 264 cm³/mol. The molecular formula is C62H51N. The summed E-state index contributed by atoms with van der Waals surface area (Å²) in [6.45, 7) is 9.14. The normalized spacial score (nSPS) is 17.1. The fourth-order valence-electron chi connectivity index (χ4n) is 11.0. The highest BCUT2D eigenvalue weighted by molar-refractivity contribution is 5.92. The minimum absolute atomic E-state index is 0.0431. The number of benzene rings is 9. The van der Waals surface area contributed by atoms with Gasteiger partial charge in [-0.15, -0.1) is 0 Å². The Kier molecular flexibility index (Phi) is 9.21. The molecule has 0 saturated heterocycles. The first-order valence-corrected chi connectivity index (χ1v) is 22.5. The smallest absolute Gasteiger partial charge is 0.0714 e. The number of hydrogen-bond acceptors (Lipinski definition) is 1. The Balaban J connectivity index is 1.18. The van der Waals surface area contributed by atoms with Crippen molar-refractivity contribution in [2.24, 2.45) is 0 Å². The summed E-state index contributed by atoms with van der Waals surface area (Å²) in [5.41, 5.74) is 20.5. The lowest BCUT2D eigenvalue weighted by Gasteiger charge is -2.36. The van der Waals surface area contributed by atoms with Crippen molar-refractivity contribution in [2.45, 2.75) is 50.4 Å². The average molecular weight is 810 g/mol. The van der Waals surface area contributed by atoms with Crippen molar-refractivity contribution in [3.05, 3.63) is 280 Å². The Labute approximate surface area is 373 Å². The fourth-order valence-corrected chi connectivity index (χ4v) is 11.0. The molecule has 304 valence electrons. The minimum Gasteiger partial charge on any atom is -0.310 e. The molecule has 2 unspecified atom stereocenters. The van der Waals surface area contributed by atoms with E-state index in [1.54, 1.807) is 0 Å². The van der Waals surface area contributed by atoms with E-state index in [2.05, 4.69) is 257 Å². The summed E-state index contributed by atoms with van der Waals surface area (Å²) in [5.74, 6) is 0. The van der Waals surface area contributed by atoms with E-state index in [9.17, 15) is 0 Å². The lowest BCUT2D eigenvalue weighted by molar-refractivity contribution is 0.589. The van der Waals surface area contributed by atoms with Crippen molar-refractivity contribution >= 4 is 17.1 Å². The number of aryl methyl sites for hydroxylation is 1. The van der Waals surface area contributed by atoms with Crippen LogP contribution in [-0.4, -0.2) is 0 Å². The van der Waals surface area contributed by atoms with Crippen LogP contribution in [0.25, 0.3) is 22.3 Å². The number of fused-ring (bicyclic) bond motifs is 6. The standard InChI is InChI=1S/C62H51N/c1-5-43-20-19-25-48(40-43)62(46-23-11-7-12-24-46)57-31-18-16-29-53(57)55-39-37-51(42-59(55)62)63(49-26-13-8-14-27-49)50-36-38-54-52-28-15-17-30-56(52)61(58(54)41-50,45-21-9-6-10-22-45)47-34-32-44(33-35-47)60(2,3)4/h6-42H,5H2,1-4H3. The lowest BCUT2D eigenvalue weighted by Crippen LogP contribution is -2.29. The Bertz CT molecular complexity index is 3120. The highest BCUT2D eigenvalue weighted by Crippen LogP contribution is 2.59. The van der Waals surface area contributed by atoms with Gasteiger partial charge in [-0.25, -0.2) is 0 Å². The molecule has 0 N–H and O–H groups in total. The molecule has 63 heavy (non-hydrogen) atoms. The van der Waals surface area contributed by atoms with E-state index >= 15 is 0 Å². The van der Waals surface area contributed by atoms with Crippen molar-refractivity contribution in [2.75, 3.05) is 4.90 Å². The summed E-state index contributed by atoms with van der Waals surface area (Å²) < 4.78 is 0. The zero-order chi connectivity index (χ0) is 42.8. The van der Waals surface area contributed by atoms with E-state index in [0.717, 1.165) is 23.5 Å². The second kappa shape index (κ2) is 15.0. The number of para-hydroxylation sites is 1. The maximum atomic E-state index is 2.49. The summed E-state index contributed by atoms with van der Waals surface area (Å²) >= 11 is 0. The van der Waals surface area contributed by atoms with Crippen LogP contribution in [0.1, 0.15) is 83.3 Å². The van der Waals surface area contributed by atoms with Crippen LogP contribution in [0.15, 0.2) is 224 Å². The first-order valence-electron chi connectivity index (χ1n) is 22.5. The van der Waals surface area contributed by atoms with Gasteiger partial charge in [-0.1, -0.05) is 216 Å². The highest BCUT2D eigenvalue weighted by Gasteiger charge is 2.48. The Morgan fingerprint density at radius 3 is 1.29 bits per heavy atom. The Morgan fingerprint density at radius 2 is 0.778 bits per heavy atom. The second-order valence-corrected chi connectivity index (χ2v) is 18.3. The summed E-state index contributed by atoms with van der Waals surface area (Å²) in [7, 11) is 0. The maximum absolute atomic E-state index is 2.49. The van der Waals surface area contributed by atoms with Crippen molar-refractivity contribution < 1.29 is 0 Å². The molecule has 0 bridgehead atoms. The molecule has 0 heterocycles. The van der Waals surface area contributed by atoms with Gasteiger partial charge in [0.15, 0.2) is 0 Å². The van der Waals surface area contributed by atoms with E-state index in [1.165, 1.54) is 77.9 Å². The molecule has 9 aromatic carbocycles. The van der Waals surface area contributed by atoms with E-state index < -0.39 is 10.8 Å². The molecule has 0 amide bonds. The molecule has 2 aliphatic carbocycles. The van der Waals surface area contributed by atoms with Gasteiger partial charge in [-0.3, -0.25) is 0 Å². The summed E-state index contributed by atoms with van der Waals surface area (Å²) in [6, 6.07) is 84.5. The SMILES string of the molecule is CCc1cccc(C2(c3ccccc3)c3ccccc3-c3ccc(N(c4ccccc4)c4ccc5c(c4)C(c4ccccc4)(c4ccc(C(C)(C)C)cc4)c4ccccc4-5)cc32)c1. The van der Waals surface area contributed by atoms with Crippen molar-refractivity contribution in [3.8, 4) is 22.3 Å². The molecule has 2 atom stereocenters. The number of anilines is 3. The van der Waals surface area contributed by atoms with Crippen LogP contribution in [0.4, 0.5) is 17.1 Å². The third kappa shape index (κ3) is 5.90. The van der Waals surface area contributed by atoms with Crippen LogP contribution in [0.2, 0.25) is 0 Å². The van der Waals surface area contributed by atoms with Gasteiger partial charge in [0.1, 0.15) is 0 Å². The minimum atomic E-state index is -0.533. The van der Waals surface area contributed by atoms with Gasteiger partial charge in [0.25, 0.3) is 0 Å². The molecule has 0 aromatic heterocycles. The van der Waals surface area contributed by atoms with Crippen LogP contribution in [0, 0.1) is 0 Å². The van der Waals surface area contributed by atoms with Gasteiger partial charge in [-0.2, -0.15) is 0 Å². The topological polar surface area (TPSA) is 3.24 Å². The van der Waals surface area contributed by atoms with Crippen molar-refractivity contribution in [1.82, 2.24) is 0 Å². The van der Waals surface area contributed by atoms with Crippen LogP contribution in [0.3, 0.4) is 0 Å². The number of rotatable bonds is 8. The number of hydrogen-bond donors (Lipinski definition) is 0. The van der Waals surface area contributed by atoms with Crippen LogP contribution in [-0.2, 0) is 22.7 Å². The molecular weight excluding hydrogens is 759 g/mol. The molecule has 0 spiro atoms. The van der Waals surface area contributed by atoms with Gasteiger partial charge < -0.3 is 4.90 Å². The third-order valence-corrected chi connectivity index (χ3v) is 14.0. The van der Waals surface area contributed by atoms with E-state index in [4.69, 9.17) is 0 Å². The van der Waals surface area contributed by atoms with Crippen molar-refractivity contribution in [1.29, 1.82) is 0 Å². The summed E-state index contributed by atoms with van der Waals surface area (Å²) in [6.07, 6.45) is 0.975. The van der Waals surface area contributed by atoms with Crippen LogP contribution in [0.5, 0.6) is 0 Å². The highest BCUT2D eigenvalue weighted by atomic mass is 15.1. The molecule has 9 aromatic rings. The van der Waals surface area contributed by atoms with Gasteiger partial charge in [0, 0.05) is 17.1 Å². The van der Waals surface area contributed by atoms with E-state index in [-0.39, 0.29) is 5.41 Å². The Morgan fingerprint density at radius 1 is 0.349 bits per heavy atom. The molecule has 0 saturated carbocycles. The zero-order valence-corrected chi connectivity index (χ0v) is 36.5. The molecule has 2 aliphatic rings. The molecule has 11 rings (SSSR count). The van der Waals surface area contributed by atoms with Gasteiger partial charge in [-0.05, 0) is 126 Å². The summed E-state index contributed by atoms with van der Waals surface area (Å²) in [5, 5.41) is 0. The van der Waals surface area contributed by atoms with Crippen molar-refractivity contribution in [3.63, 3.8) is 0 Å². The van der Waals surface area contributed by atoms with Gasteiger partial charge in [0.05, 0.1) is 10.8 Å². The average Bonchev–Trinajstić information content (AvgIpc) is 3.80. The molecule has 0 fully saturated rings. The lowest BCUT2D eigenvalue weighted by atomic mass is 9.67. The quantitative estimate of drug-likeness (QED) is 0.148. The monoisotopic (exact) mass is 809 g/mol. The van der Waals surface area contributed by atoms with Crippen LogP contribution >= 0.6 is 0 Å². The number of nitrogens with zero attached hydrogens (tertiary/aromatic N) is 1. The fraction of sp³-hybridized carbons (Fsp3) is 0.129. The third-order valence-electron chi connectivity index (χ3n) is 14.0. The Hall–Kier alpha value is -7.22. The largest absolute Gasteiger partial charge is 0.310 e. The predicted octanol–water partition coefficient (Wildman–Crippen LogP) is 15.7. The first kappa shape index (κ1) is 38.7. The van der Waals surface area contributed by atoms with E-state index in [1.807, 2.05) is 0 Å². The van der Waals surface area contributed by atoms with Crippen LogP contribution < -0.4 is 4.90 Å². The zero-order valence-electron chi connectivity index (χ0n) is 36.5. The first-order chi connectivity index (χ1) is 30.8. The maximum Gasteiger partial charge on any atom is 0.0714 e. The van der Waals surface area contributed by atoms with Gasteiger partial charge >= 0.3 is 0 Å². The van der Waals surface area contributed by atoms with E-state index in [0.29, 0.717) is 0 Å². The molecule has 1 nitrogen and oxygen atoms in total. The summed E-state index contributed by atoms with van der Waals surface area (Å²) in [4.78, 5) is 2.48. The molecule has 1 heteroatoms.